The van der Waals surface area contributed by atoms with E-state index in [1.807, 2.05) is 26.0 Å². The van der Waals surface area contributed by atoms with Gasteiger partial charge in [0.2, 0.25) is 0 Å². The Morgan fingerprint density at radius 2 is 1.86 bits per heavy atom. The summed E-state index contributed by atoms with van der Waals surface area (Å²) in [6.07, 6.45) is 2.13. The van der Waals surface area contributed by atoms with Crippen molar-refractivity contribution in [2.75, 3.05) is 19.7 Å². The first-order valence-corrected chi connectivity index (χ1v) is 9.99. The molecule has 29 heavy (non-hydrogen) atoms. The Bertz CT molecular complexity index is 816. The van der Waals surface area contributed by atoms with Crippen LogP contribution in [0.5, 0.6) is 5.75 Å². The molecule has 1 amide bonds. The van der Waals surface area contributed by atoms with Gasteiger partial charge >= 0.3 is 5.97 Å². The molecule has 7 nitrogen and oxygen atoms in total. The highest BCUT2D eigenvalue weighted by Gasteiger charge is 2.21. The molecule has 0 N–H and O–H groups in total. The van der Waals surface area contributed by atoms with Gasteiger partial charge in [-0.1, -0.05) is 24.2 Å². The topological polar surface area (TPSA) is 81.9 Å². The average molecular weight is 400 g/mol. The van der Waals surface area contributed by atoms with E-state index in [1.54, 1.807) is 17.0 Å². The molecule has 1 saturated heterocycles. The lowest BCUT2D eigenvalue weighted by molar-refractivity contribution is -0.152. The summed E-state index contributed by atoms with van der Waals surface area (Å²) in [4.78, 5) is 26.0. The van der Waals surface area contributed by atoms with Crippen LogP contribution in [0, 0.1) is 19.8 Å². The third-order valence-corrected chi connectivity index (χ3v) is 5.33. The number of carbonyl (C=O) groups is 2. The summed E-state index contributed by atoms with van der Waals surface area (Å²) < 4.78 is 16.0. The molecule has 7 heteroatoms. The maximum absolute atomic E-state index is 12.1. The van der Waals surface area contributed by atoms with Gasteiger partial charge in [0, 0.05) is 13.1 Å². The molecule has 0 saturated carbocycles. The van der Waals surface area contributed by atoms with Gasteiger partial charge in [0.25, 0.3) is 5.91 Å². The molecule has 1 aliphatic heterocycles. The molecule has 0 aliphatic carbocycles. The minimum absolute atomic E-state index is 0.117. The molecule has 0 spiro atoms. The number of benzene rings is 1. The molecule has 156 valence electrons. The van der Waals surface area contributed by atoms with E-state index in [1.165, 1.54) is 0 Å². The zero-order valence-corrected chi connectivity index (χ0v) is 17.3. The van der Waals surface area contributed by atoms with Crippen molar-refractivity contribution in [1.29, 1.82) is 0 Å². The van der Waals surface area contributed by atoms with Crippen molar-refractivity contribution in [3.63, 3.8) is 0 Å². The van der Waals surface area contributed by atoms with E-state index in [2.05, 4.69) is 12.1 Å². The summed E-state index contributed by atoms with van der Waals surface area (Å²) in [6.45, 7) is 7.59. The van der Waals surface area contributed by atoms with Gasteiger partial charge in [-0.2, -0.15) is 0 Å². The third kappa shape index (κ3) is 5.82. The SMILES string of the molecule is Cc1noc(C)c1COc1ccc(CC(=O)OCC(=O)N2CCC(C)CC2)cc1. The largest absolute Gasteiger partial charge is 0.489 e. The van der Waals surface area contributed by atoms with Gasteiger partial charge in [-0.25, -0.2) is 0 Å². The van der Waals surface area contributed by atoms with Crippen molar-refractivity contribution in [3.8, 4) is 5.75 Å². The lowest BCUT2D eigenvalue weighted by Gasteiger charge is -2.30. The molecular formula is C22H28N2O5. The molecule has 3 rings (SSSR count). The summed E-state index contributed by atoms with van der Waals surface area (Å²) in [5.41, 5.74) is 2.56. The zero-order chi connectivity index (χ0) is 20.8. The van der Waals surface area contributed by atoms with E-state index in [4.69, 9.17) is 14.0 Å². The molecule has 1 aromatic heterocycles. The minimum atomic E-state index is -0.409. The van der Waals surface area contributed by atoms with Crippen LogP contribution < -0.4 is 4.74 Å². The molecule has 0 atom stereocenters. The predicted molar refractivity (Wildman–Crippen MR) is 106 cm³/mol. The predicted octanol–water partition coefficient (Wildman–Crippen LogP) is 3.21. The van der Waals surface area contributed by atoms with Gasteiger partial charge in [-0.3, -0.25) is 9.59 Å². The molecular weight excluding hydrogens is 372 g/mol. The number of ether oxygens (including phenoxy) is 2. The molecule has 0 radical (unpaired) electrons. The monoisotopic (exact) mass is 400 g/mol. The van der Waals surface area contributed by atoms with Crippen molar-refractivity contribution in [1.82, 2.24) is 10.1 Å². The summed E-state index contributed by atoms with van der Waals surface area (Å²) in [5, 5.41) is 3.90. The summed E-state index contributed by atoms with van der Waals surface area (Å²) >= 11 is 0. The van der Waals surface area contributed by atoms with Crippen LogP contribution in [0.25, 0.3) is 0 Å². The van der Waals surface area contributed by atoms with Gasteiger partial charge < -0.3 is 18.9 Å². The third-order valence-electron chi connectivity index (χ3n) is 5.33. The van der Waals surface area contributed by atoms with Crippen molar-refractivity contribution >= 4 is 11.9 Å². The first-order valence-electron chi connectivity index (χ1n) is 9.99. The summed E-state index contributed by atoms with van der Waals surface area (Å²) in [5.74, 6) is 1.56. The van der Waals surface area contributed by atoms with Crippen LogP contribution in [0.1, 0.15) is 42.3 Å². The number of esters is 1. The first-order chi connectivity index (χ1) is 13.9. The maximum Gasteiger partial charge on any atom is 0.310 e. The van der Waals surface area contributed by atoms with Gasteiger partial charge in [0.15, 0.2) is 6.61 Å². The number of hydrogen-bond donors (Lipinski definition) is 0. The van der Waals surface area contributed by atoms with Crippen molar-refractivity contribution < 1.29 is 23.6 Å². The van der Waals surface area contributed by atoms with E-state index < -0.39 is 5.97 Å². The number of rotatable bonds is 7. The second-order valence-corrected chi connectivity index (χ2v) is 7.64. The number of hydrogen-bond acceptors (Lipinski definition) is 6. The quantitative estimate of drug-likeness (QED) is 0.664. The molecule has 1 aliphatic rings. The van der Waals surface area contributed by atoms with E-state index >= 15 is 0 Å². The van der Waals surface area contributed by atoms with E-state index in [9.17, 15) is 9.59 Å². The lowest BCUT2D eigenvalue weighted by atomic mass is 9.99. The fourth-order valence-electron chi connectivity index (χ4n) is 3.28. The standard InChI is InChI=1S/C22H28N2O5/c1-15-8-10-24(11-9-15)21(25)14-28-22(26)12-18-4-6-19(7-5-18)27-13-20-16(2)23-29-17(20)3/h4-7,15H,8-14H2,1-3H3. The Hall–Kier alpha value is -2.83. The van der Waals surface area contributed by atoms with E-state index in [0.717, 1.165) is 48.5 Å². The second kappa shape index (κ2) is 9.58. The number of amides is 1. The molecule has 0 bridgehead atoms. The minimum Gasteiger partial charge on any atom is -0.489 e. The zero-order valence-electron chi connectivity index (χ0n) is 17.3. The van der Waals surface area contributed by atoms with Crippen LogP contribution in [-0.4, -0.2) is 41.6 Å². The molecule has 1 aromatic carbocycles. The Morgan fingerprint density at radius 3 is 2.48 bits per heavy atom. The fraction of sp³-hybridized carbons (Fsp3) is 0.500. The normalized spacial score (nSPS) is 14.7. The number of nitrogens with zero attached hydrogens (tertiary/aromatic N) is 2. The van der Waals surface area contributed by atoms with Crippen molar-refractivity contribution in [2.24, 2.45) is 5.92 Å². The Morgan fingerprint density at radius 1 is 1.17 bits per heavy atom. The summed E-state index contributed by atoms with van der Waals surface area (Å²) in [6, 6.07) is 7.25. The van der Waals surface area contributed by atoms with Gasteiger partial charge in [0.05, 0.1) is 17.7 Å². The Labute approximate surface area is 171 Å². The molecule has 0 unspecified atom stereocenters. The van der Waals surface area contributed by atoms with Gasteiger partial charge in [-0.15, -0.1) is 0 Å². The highest BCUT2D eigenvalue weighted by Crippen LogP contribution is 2.19. The van der Waals surface area contributed by atoms with Crippen LogP contribution in [0.15, 0.2) is 28.8 Å². The van der Waals surface area contributed by atoms with Crippen LogP contribution in [-0.2, 0) is 27.4 Å². The van der Waals surface area contributed by atoms with Gasteiger partial charge in [0.1, 0.15) is 18.1 Å². The summed E-state index contributed by atoms with van der Waals surface area (Å²) in [7, 11) is 0. The van der Waals surface area contributed by atoms with Crippen molar-refractivity contribution in [2.45, 2.75) is 46.6 Å². The number of carbonyl (C=O) groups excluding carboxylic acids is 2. The molecule has 2 aromatic rings. The van der Waals surface area contributed by atoms with Crippen LogP contribution in [0.3, 0.4) is 0 Å². The Balaban J connectivity index is 1.42. The van der Waals surface area contributed by atoms with Crippen molar-refractivity contribution in [3.05, 3.63) is 46.8 Å². The van der Waals surface area contributed by atoms with Crippen LogP contribution in [0.2, 0.25) is 0 Å². The first kappa shape index (κ1) is 20.9. The Kier molecular flexibility index (Phi) is 6.90. The van der Waals surface area contributed by atoms with Crippen LogP contribution >= 0.6 is 0 Å². The fourth-order valence-corrected chi connectivity index (χ4v) is 3.28. The van der Waals surface area contributed by atoms with Crippen LogP contribution in [0.4, 0.5) is 0 Å². The molecule has 1 fully saturated rings. The number of likely N-dealkylation sites (tertiary alicyclic amines) is 1. The maximum atomic E-state index is 12.1. The average Bonchev–Trinajstić information content (AvgIpc) is 3.04. The molecule has 2 heterocycles. The number of aryl methyl sites for hydroxylation is 2. The van der Waals surface area contributed by atoms with E-state index in [0.29, 0.717) is 18.3 Å². The van der Waals surface area contributed by atoms with E-state index in [-0.39, 0.29) is 18.9 Å². The highest BCUT2D eigenvalue weighted by molar-refractivity contribution is 5.81. The second-order valence-electron chi connectivity index (χ2n) is 7.64. The number of aromatic nitrogens is 1. The smallest absolute Gasteiger partial charge is 0.310 e. The van der Waals surface area contributed by atoms with Gasteiger partial charge in [-0.05, 0) is 50.3 Å². The number of piperidine rings is 1. The lowest BCUT2D eigenvalue weighted by Crippen LogP contribution is -2.40. The highest BCUT2D eigenvalue weighted by atomic mass is 16.5.